The van der Waals surface area contributed by atoms with Gasteiger partial charge in [0.1, 0.15) is 24.0 Å². The molecule has 0 aromatic heterocycles. The topological polar surface area (TPSA) is 35.2 Å². The van der Waals surface area contributed by atoms with E-state index in [4.69, 9.17) is 10.5 Å². The third-order valence-corrected chi connectivity index (χ3v) is 2.51. The van der Waals surface area contributed by atoms with Crippen molar-refractivity contribution in [3.63, 3.8) is 0 Å². The smallest absolute Gasteiger partial charge is 0.124 e. The van der Waals surface area contributed by atoms with Crippen LogP contribution in [0.3, 0.4) is 0 Å². The van der Waals surface area contributed by atoms with Gasteiger partial charge in [0.2, 0.25) is 0 Å². The lowest BCUT2D eigenvalue weighted by Crippen LogP contribution is -1.97. The summed E-state index contributed by atoms with van der Waals surface area (Å²) in [6, 6.07) is 10.1. The molecule has 0 atom stereocenters. The highest BCUT2D eigenvalue weighted by molar-refractivity contribution is 5.38. The van der Waals surface area contributed by atoms with Gasteiger partial charge >= 0.3 is 0 Å². The predicted molar refractivity (Wildman–Crippen MR) is 73.1 cm³/mol. The highest BCUT2D eigenvalue weighted by Gasteiger charge is 2.01. The van der Waals surface area contributed by atoms with Crippen molar-refractivity contribution in [3.8, 4) is 17.6 Å². The zero-order valence-corrected chi connectivity index (χ0v) is 10.7. The lowest BCUT2D eigenvalue weighted by atomic mass is 10.1. The molecule has 0 saturated carbocycles. The lowest BCUT2D eigenvalue weighted by molar-refractivity contribution is 0.305. The van der Waals surface area contributed by atoms with Gasteiger partial charge in [0.05, 0.1) is 6.54 Å². The molecule has 0 spiro atoms. The van der Waals surface area contributed by atoms with Crippen molar-refractivity contribution in [3.05, 3.63) is 65.2 Å². The van der Waals surface area contributed by atoms with Crippen LogP contribution >= 0.6 is 0 Å². The molecular formula is C16H13F2NO. The number of benzene rings is 2. The Kier molecular flexibility index (Phi) is 4.70. The van der Waals surface area contributed by atoms with E-state index < -0.39 is 0 Å². The summed E-state index contributed by atoms with van der Waals surface area (Å²) in [6.45, 7) is 0.401. The Hall–Kier alpha value is -2.38. The van der Waals surface area contributed by atoms with E-state index in [1.807, 2.05) is 0 Å². The Labute approximate surface area is 116 Å². The summed E-state index contributed by atoms with van der Waals surface area (Å²) in [5.74, 6) is 5.24. The van der Waals surface area contributed by atoms with E-state index in [9.17, 15) is 8.78 Å². The molecule has 102 valence electrons. The molecule has 0 saturated heterocycles. The molecule has 2 N–H and O–H groups in total. The van der Waals surface area contributed by atoms with Gasteiger partial charge in [-0.2, -0.15) is 0 Å². The standard InChI is InChI=1S/C16H13F2NO/c17-14-3-5-16(6-4-14)20-11-13-8-12(2-1-7-19)9-15(18)10-13/h3-6,8-10H,7,11,19H2. The number of ether oxygens (including phenoxy) is 1. The third-order valence-electron chi connectivity index (χ3n) is 2.51. The molecule has 20 heavy (non-hydrogen) atoms. The van der Waals surface area contributed by atoms with Gasteiger partial charge in [-0.05, 0) is 48.0 Å². The largest absolute Gasteiger partial charge is 0.489 e. The van der Waals surface area contributed by atoms with Gasteiger partial charge in [-0.15, -0.1) is 0 Å². The van der Waals surface area contributed by atoms with Crippen LogP contribution in [0.15, 0.2) is 42.5 Å². The Morgan fingerprint density at radius 3 is 2.45 bits per heavy atom. The van der Waals surface area contributed by atoms with E-state index in [0.29, 0.717) is 16.9 Å². The molecule has 0 unspecified atom stereocenters. The summed E-state index contributed by atoms with van der Waals surface area (Å²) in [4.78, 5) is 0. The molecule has 0 heterocycles. The average molecular weight is 273 g/mol. The van der Waals surface area contributed by atoms with E-state index in [1.165, 1.54) is 36.4 Å². The first-order chi connectivity index (χ1) is 9.67. The second kappa shape index (κ2) is 6.69. The van der Waals surface area contributed by atoms with Crippen molar-refractivity contribution >= 4 is 0 Å². The van der Waals surface area contributed by atoms with Gasteiger partial charge in [0, 0.05) is 5.56 Å². The number of hydrogen-bond acceptors (Lipinski definition) is 2. The summed E-state index contributed by atoms with van der Waals surface area (Å²) in [7, 11) is 0. The zero-order valence-electron chi connectivity index (χ0n) is 10.7. The Morgan fingerprint density at radius 1 is 1.00 bits per heavy atom. The van der Waals surface area contributed by atoms with Gasteiger partial charge in [0.15, 0.2) is 0 Å². The highest BCUT2D eigenvalue weighted by Crippen LogP contribution is 2.15. The average Bonchev–Trinajstić information content (AvgIpc) is 2.44. The normalized spacial score (nSPS) is 9.75. The quantitative estimate of drug-likeness (QED) is 0.873. The molecule has 2 rings (SSSR count). The van der Waals surface area contributed by atoms with Gasteiger partial charge in [-0.3, -0.25) is 0 Å². The molecule has 0 aliphatic carbocycles. The minimum atomic E-state index is -0.383. The maximum atomic E-state index is 13.4. The second-order valence-corrected chi connectivity index (χ2v) is 4.10. The molecule has 0 aliphatic rings. The summed E-state index contributed by atoms with van der Waals surface area (Å²) < 4.78 is 31.6. The van der Waals surface area contributed by atoms with Crippen molar-refractivity contribution in [1.82, 2.24) is 0 Å². The van der Waals surface area contributed by atoms with Crippen LogP contribution in [0.25, 0.3) is 0 Å². The number of nitrogens with two attached hydrogens (primary N) is 1. The van der Waals surface area contributed by atoms with Crippen LogP contribution in [0.4, 0.5) is 8.78 Å². The minimum absolute atomic E-state index is 0.181. The van der Waals surface area contributed by atoms with E-state index in [1.54, 1.807) is 6.07 Å². The van der Waals surface area contributed by atoms with Crippen LogP contribution in [-0.2, 0) is 6.61 Å². The summed E-state index contributed by atoms with van der Waals surface area (Å²) in [6.07, 6.45) is 0. The minimum Gasteiger partial charge on any atom is -0.489 e. The van der Waals surface area contributed by atoms with Crippen molar-refractivity contribution < 1.29 is 13.5 Å². The third kappa shape index (κ3) is 4.08. The first-order valence-corrected chi connectivity index (χ1v) is 6.04. The molecule has 0 aliphatic heterocycles. The van der Waals surface area contributed by atoms with Gasteiger partial charge in [0.25, 0.3) is 0 Å². The molecule has 2 aromatic carbocycles. The molecule has 4 heteroatoms. The van der Waals surface area contributed by atoms with Crippen molar-refractivity contribution in [1.29, 1.82) is 0 Å². The van der Waals surface area contributed by atoms with Crippen LogP contribution in [0, 0.1) is 23.5 Å². The lowest BCUT2D eigenvalue weighted by Gasteiger charge is -2.07. The highest BCUT2D eigenvalue weighted by atomic mass is 19.1. The Bertz CT molecular complexity index is 642. The number of rotatable bonds is 3. The maximum absolute atomic E-state index is 13.4. The van der Waals surface area contributed by atoms with Gasteiger partial charge < -0.3 is 10.5 Å². The fraction of sp³-hybridized carbons (Fsp3) is 0.125. The molecule has 0 bridgehead atoms. The summed E-state index contributed by atoms with van der Waals surface area (Å²) in [5, 5.41) is 0. The molecule has 2 aromatic rings. The van der Waals surface area contributed by atoms with Gasteiger partial charge in [-0.25, -0.2) is 8.78 Å². The summed E-state index contributed by atoms with van der Waals surface area (Å²) >= 11 is 0. The van der Waals surface area contributed by atoms with Gasteiger partial charge in [-0.1, -0.05) is 11.8 Å². The fourth-order valence-corrected chi connectivity index (χ4v) is 1.66. The van der Waals surface area contributed by atoms with Crippen LogP contribution in [0.2, 0.25) is 0 Å². The van der Waals surface area contributed by atoms with Crippen molar-refractivity contribution in [2.45, 2.75) is 6.61 Å². The molecule has 0 amide bonds. The van der Waals surface area contributed by atoms with E-state index in [0.717, 1.165) is 0 Å². The molecule has 0 radical (unpaired) electrons. The second-order valence-electron chi connectivity index (χ2n) is 4.10. The Balaban J connectivity index is 2.09. The van der Waals surface area contributed by atoms with E-state index in [-0.39, 0.29) is 24.8 Å². The van der Waals surface area contributed by atoms with Crippen LogP contribution in [-0.4, -0.2) is 6.54 Å². The maximum Gasteiger partial charge on any atom is 0.124 e. The number of hydrogen-bond donors (Lipinski definition) is 1. The monoisotopic (exact) mass is 273 g/mol. The SMILES string of the molecule is NCC#Cc1cc(F)cc(COc2ccc(F)cc2)c1. The fourth-order valence-electron chi connectivity index (χ4n) is 1.66. The molecule has 0 fully saturated rings. The number of halogens is 2. The first-order valence-electron chi connectivity index (χ1n) is 6.04. The predicted octanol–water partition coefficient (Wildman–Crippen LogP) is 2.85. The van der Waals surface area contributed by atoms with Crippen molar-refractivity contribution in [2.24, 2.45) is 5.73 Å². The van der Waals surface area contributed by atoms with Crippen molar-refractivity contribution in [2.75, 3.05) is 6.54 Å². The van der Waals surface area contributed by atoms with E-state index in [2.05, 4.69) is 11.8 Å². The zero-order chi connectivity index (χ0) is 14.4. The van der Waals surface area contributed by atoms with Crippen LogP contribution in [0.5, 0.6) is 5.75 Å². The molecular weight excluding hydrogens is 260 g/mol. The van der Waals surface area contributed by atoms with Crippen LogP contribution in [0.1, 0.15) is 11.1 Å². The molecule has 2 nitrogen and oxygen atoms in total. The van der Waals surface area contributed by atoms with Crippen LogP contribution < -0.4 is 10.5 Å². The first kappa shape index (κ1) is 14.0. The van der Waals surface area contributed by atoms with E-state index >= 15 is 0 Å². The summed E-state index contributed by atoms with van der Waals surface area (Å²) in [5.41, 5.74) is 6.47. The Morgan fingerprint density at radius 2 is 1.75 bits per heavy atom.